The maximum Gasteiger partial charge on any atom is 0.258 e. The molecule has 0 saturated carbocycles. The summed E-state index contributed by atoms with van der Waals surface area (Å²) in [5.74, 6) is -0.567. The van der Waals surface area contributed by atoms with Gasteiger partial charge in [-0.05, 0) is 39.8 Å². The van der Waals surface area contributed by atoms with E-state index in [4.69, 9.17) is 4.74 Å². The Kier molecular flexibility index (Phi) is 4.89. The Morgan fingerprint density at radius 1 is 1.47 bits per heavy atom. The molecule has 0 fully saturated rings. The van der Waals surface area contributed by atoms with Crippen molar-refractivity contribution >= 4 is 5.91 Å². The first-order valence-electron chi connectivity index (χ1n) is 6.10. The fourth-order valence-corrected chi connectivity index (χ4v) is 1.54. The first kappa shape index (κ1) is 15.4. The van der Waals surface area contributed by atoms with Crippen molar-refractivity contribution in [2.75, 3.05) is 6.61 Å². The highest BCUT2D eigenvalue weighted by Gasteiger charge is 2.14. The number of aliphatic hydroxyl groups excluding tert-OH is 1. The van der Waals surface area contributed by atoms with E-state index in [0.717, 1.165) is 6.07 Å². The number of benzene rings is 1. The second-order valence-electron chi connectivity index (χ2n) is 5.45. The molecule has 1 amide bonds. The minimum atomic E-state index is -0.877. The van der Waals surface area contributed by atoms with E-state index in [0.29, 0.717) is 0 Å². The van der Waals surface area contributed by atoms with Gasteiger partial charge in [-0.2, -0.15) is 0 Å². The zero-order valence-electron chi connectivity index (χ0n) is 11.7. The highest BCUT2D eigenvalue weighted by Crippen LogP contribution is 2.21. The van der Waals surface area contributed by atoms with Gasteiger partial charge in [0.25, 0.3) is 5.91 Å². The molecule has 1 atom stereocenters. The number of hydrogen-bond acceptors (Lipinski definition) is 3. The number of amides is 1. The molecule has 0 aliphatic heterocycles. The molecule has 1 aromatic rings. The number of hydrogen-bond donors (Lipinski definition) is 2. The summed E-state index contributed by atoms with van der Waals surface area (Å²) in [4.78, 5) is 11.5. The Morgan fingerprint density at radius 2 is 2.11 bits per heavy atom. The average molecular weight is 269 g/mol. The van der Waals surface area contributed by atoms with Crippen LogP contribution in [0, 0.1) is 5.82 Å². The summed E-state index contributed by atoms with van der Waals surface area (Å²) < 4.78 is 18.8. The maximum atomic E-state index is 13.6. The summed E-state index contributed by atoms with van der Waals surface area (Å²) in [5.41, 5.74) is -0.131. The van der Waals surface area contributed by atoms with Crippen molar-refractivity contribution in [3.05, 3.63) is 29.6 Å². The predicted octanol–water partition coefficient (Wildman–Crippen LogP) is 2.17. The molecule has 0 aliphatic rings. The quantitative estimate of drug-likeness (QED) is 0.880. The van der Waals surface area contributed by atoms with Gasteiger partial charge < -0.3 is 15.2 Å². The zero-order valence-corrected chi connectivity index (χ0v) is 11.7. The van der Waals surface area contributed by atoms with Gasteiger partial charge in [0.05, 0.1) is 6.10 Å². The van der Waals surface area contributed by atoms with Crippen molar-refractivity contribution in [2.45, 2.75) is 39.3 Å². The third kappa shape index (κ3) is 5.26. The number of nitrogens with one attached hydrogen (secondary N) is 1. The molecule has 0 heterocycles. The molecule has 0 bridgehead atoms. The number of aliphatic hydroxyl groups is 1. The maximum absolute atomic E-state index is 13.6. The molecule has 106 valence electrons. The van der Waals surface area contributed by atoms with Crippen LogP contribution in [0.1, 0.15) is 39.4 Å². The standard InChI is InChI=1S/C14H20FNO3/c1-9(17)11-6-5-10(7-12(11)15)19-8-13(18)16-14(2,3)4/h5-7,9,17H,8H2,1-4H3,(H,16,18)/t9-/m1/s1. The van der Waals surface area contributed by atoms with Crippen LogP contribution < -0.4 is 10.1 Å². The predicted molar refractivity (Wildman–Crippen MR) is 70.4 cm³/mol. The van der Waals surface area contributed by atoms with Gasteiger partial charge in [0.1, 0.15) is 11.6 Å². The van der Waals surface area contributed by atoms with Gasteiger partial charge in [0.2, 0.25) is 0 Å². The highest BCUT2D eigenvalue weighted by atomic mass is 19.1. The molecule has 2 N–H and O–H groups in total. The van der Waals surface area contributed by atoms with Crippen molar-refractivity contribution in [2.24, 2.45) is 0 Å². The fourth-order valence-electron chi connectivity index (χ4n) is 1.54. The first-order valence-corrected chi connectivity index (χ1v) is 6.10. The molecule has 4 nitrogen and oxygen atoms in total. The second-order valence-corrected chi connectivity index (χ2v) is 5.45. The van der Waals surface area contributed by atoms with Crippen LogP contribution in [0.2, 0.25) is 0 Å². The minimum absolute atomic E-state index is 0.176. The summed E-state index contributed by atoms with van der Waals surface area (Å²) in [6.07, 6.45) is -0.877. The van der Waals surface area contributed by atoms with Gasteiger partial charge in [-0.1, -0.05) is 0 Å². The Balaban J connectivity index is 2.59. The Labute approximate surface area is 112 Å². The lowest BCUT2D eigenvalue weighted by atomic mass is 10.1. The fraction of sp³-hybridized carbons (Fsp3) is 0.500. The second kappa shape index (κ2) is 6.02. The van der Waals surface area contributed by atoms with E-state index in [9.17, 15) is 14.3 Å². The summed E-state index contributed by atoms with van der Waals surface area (Å²) in [6, 6.07) is 4.12. The molecule has 0 spiro atoms. The Bertz CT molecular complexity index is 452. The average Bonchev–Trinajstić information content (AvgIpc) is 2.23. The van der Waals surface area contributed by atoms with Gasteiger partial charge in [0.15, 0.2) is 6.61 Å². The van der Waals surface area contributed by atoms with Gasteiger partial charge in [-0.15, -0.1) is 0 Å². The van der Waals surface area contributed by atoms with E-state index in [1.165, 1.54) is 19.1 Å². The molecular weight excluding hydrogens is 249 g/mol. The smallest absolute Gasteiger partial charge is 0.258 e. The molecule has 1 rings (SSSR count). The van der Waals surface area contributed by atoms with Crippen LogP contribution in [0.3, 0.4) is 0 Å². The normalized spacial score (nSPS) is 12.9. The van der Waals surface area contributed by atoms with E-state index in [2.05, 4.69) is 5.32 Å². The Morgan fingerprint density at radius 3 is 2.58 bits per heavy atom. The number of ether oxygens (including phenoxy) is 1. The molecule has 1 aromatic carbocycles. The van der Waals surface area contributed by atoms with Crippen LogP contribution in [0.5, 0.6) is 5.75 Å². The summed E-state index contributed by atoms with van der Waals surface area (Å²) in [7, 11) is 0. The Hall–Kier alpha value is -1.62. The molecule has 5 heteroatoms. The first-order chi connectivity index (χ1) is 8.69. The van der Waals surface area contributed by atoms with Crippen LogP contribution in [0.4, 0.5) is 4.39 Å². The van der Waals surface area contributed by atoms with Crippen LogP contribution in [0.25, 0.3) is 0 Å². The highest BCUT2D eigenvalue weighted by molar-refractivity contribution is 5.78. The van der Waals surface area contributed by atoms with Gasteiger partial charge in [0, 0.05) is 17.2 Å². The lowest BCUT2D eigenvalue weighted by Gasteiger charge is -2.20. The topological polar surface area (TPSA) is 58.6 Å². The number of carbonyl (C=O) groups is 1. The van der Waals surface area contributed by atoms with Crippen molar-refractivity contribution in [3.63, 3.8) is 0 Å². The summed E-state index contributed by atoms with van der Waals surface area (Å²) >= 11 is 0. The molecule has 0 unspecified atom stereocenters. The van der Waals surface area contributed by atoms with Gasteiger partial charge in [-0.25, -0.2) is 4.39 Å². The van der Waals surface area contributed by atoms with Crippen molar-refractivity contribution in [1.29, 1.82) is 0 Å². The minimum Gasteiger partial charge on any atom is -0.484 e. The lowest BCUT2D eigenvalue weighted by molar-refractivity contribution is -0.124. The molecule has 0 radical (unpaired) electrons. The van der Waals surface area contributed by atoms with Crippen LogP contribution >= 0.6 is 0 Å². The lowest BCUT2D eigenvalue weighted by Crippen LogP contribution is -2.43. The third-order valence-corrected chi connectivity index (χ3v) is 2.31. The van der Waals surface area contributed by atoms with Crippen LogP contribution in [-0.4, -0.2) is 23.2 Å². The third-order valence-electron chi connectivity index (χ3n) is 2.31. The number of carbonyl (C=O) groups excluding carboxylic acids is 1. The van der Waals surface area contributed by atoms with Crippen molar-refractivity contribution < 1.29 is 19.0 Å². The van der Waals surface area contributed by atoms with E-state index in [1.54, 1.807) is 0 Å². The molecule has 0 aromatic heterocycles. The zero-order chi connectivity index (χ0) is 14.6. The van der Waals surface area contributed by atoms with E-state index in [1.807, 2.05) is 20.8 Å². The summed E-state index contributed by atoms with van der Waals surface area (Å²) in [5, 5.41) is 12.0. The molecule has 0 aliphatic carbocycles. The van der Waals surface area contributed by atoms with Crippen LogP contribution in [0.15, 0.2) is 18.2 Å². The molecule has 0 saturated heterocycles. The largest absolute Gasteiger partial charge is 0.484 e. The SMILES string of the molecule is C[C@@H](O)c1ccc(OCC(=O)NC(C)(C)C)cc1F. The van der Waals surface area contributed by atoms with E-state index in [-0.39, 0.29) is 29.4 Å². The monoisotopic (exact) mass is 269 g/mol. The van der Waals surface area contributed by atoms with E-state index < -0.39 is 11.9 Å². The van der Waals surface area contributed by atoms with Crippen molar-refractivity contribution in [1.82, 2.24) is 5.32 Å². The van der Waals surface area contributed by atoms with Crippen molar-refractivity contribution in [3.8, 4) is 5.75 Å². The molecular formula is C14H20FNO3. The molecule has 19 heavy (non-hydrogen) atoms. The van der Waals surface area contributed by atoms with E-state index >= 15 is 0 Å². The number of rotatable bonds is 4. The summed E-state index contributed by atoms with van der Waals surface area (Å²) in [6.45, 7) is 6.90. The number of halogens is 1. The van der Waals surface area contributed by atoms with Gasteiger partial charge in [-0.3, -0.25) is 4.79 Å². The van der Waals surface area contributed by atoms with Gasteiger partial charge >= 0.3 is 0 Å². The van der Waals surface area contributed by atoms with Crippen LogP contribution in [-0.2, 0) is 4.79 Å².